The fraction of sp³-hybridized carbons (Fsp3) is 0.433. The van der Waals surface area contributed by atoms with Gasteiger partial charge in [-0.2, -0.15) is 5.26 Å². The number of nitrogens with zero attached hydrogens (tertiary/aromatic N) is 5. The van der Waals surface area contributed by atoms with Crippen LogP contribution in [-0.2, 0) is 4.43 Å². The van der Waals surface area contributed by atoms with Crippen LogP contribution in [0.5, 0.6) is 5.88 Å². The molecule has 0 aromatic carbocycles. The highest BCUT2D eigenvalue weighted by molar-refractivity contribution is 6.74. The number of nitriles is 1. The summed E-state index contributed by atoms with van der Waals surface area (Å²) in [5.74, 6) is 0.882. The molecule has 3 aromatic heterocycles. The smallest absolute Gasteiger partial charge is 0.412 e. The van der Waals surface area contributed by atoms with Crippen molar-refractivity contribution in [3.05, 3.63) is 60.0 Å². The van der Waals surface area contributed by atoms with E-state index in [4.69, 9.17) is 14.4 Å². The molecule has 10 heteroatoms. The number of ether oxygens (including phenoxy) is 1. The van der Waals surface area contributed by atoms with Crippen molar-refractivity contribution in [1.82, 2.24) is 15.0 Å². The zero-order valence-electron chi connectivity index (χ0n) is 23.8. The molecule has 1 saturated heterocycles. The molecule has 1 amide bonds. The van der Waals surface area contributed by atoms with Crippen molar-refractivity contribution in [2.24, 2.45) is 0 Å². The molecule has 1 saturated carbocycles. The van der Waals surface area contributed by atoms with Gasteiger partial charge in [-0.15, -0.1) is 0 Å². The minimum Gasteiger partial charge on any atom is -0.412 e. The molecule has 0 spiro atoms. The van der Waals surface area contributed by atoms with Gasteiger partial charge in [0.05, 0.1) is 35.3 Å². The number of nitrogens with one attached hydrogen (secondary N) is 1. The average Bonchev–Trinajstić information content (AvgIpc) is 3.67. The molecule has 4 heterocycles. The number of hydrogen-bond acceptors (Lipinski definition) is 8. The van der Waals surface area contributed by atoms with Gasteiger partial charge in [0, 0.05) is 37.1 Å². The molecule has 2 aliphatic rings. The Balaban J connectivity index is 1.32. The fourth-order valence-corrected chi connectivity index (χ4v) is 5.94. The van der Waals surface area contributed by atoms with E-state index in [0.29, 0.717) is 17.2 Å². The first-order valence-corrected chi connectivity index (χ1v) is 16.7. The van der Waals surface area contributed by atoms with E-state index in [1.165, 1.54) is 12.3 Å². The van der Waals surface area contributed by atoms with Crippen LogP contribution < -0.4 is 15.0 Å². The third-order valence-corrected chi connectivity index (χ3v) is 12.5. The Morgan fingerprint density at radius 2 is 1.95 bits per heavy atom. The number of hydrogen-bond donors (Lipinski definition) is 1. The predicted octanol–water partition coefficient (Wildman–Crippen LogP) is 6.50. The summed E-state index contributed by atoms with van der Waals surface area (Å²) in [6, 6.07) is 11.1. The number of amides is 1. The fourth-order valence-electron chi connectivity index (χ4n) is 4.56. The second-order valence-electron chi connectivity index (χ2n) is 12.1. The summed E-state index contributed by atoms with van der Waals surface area (Å²) in [4.78, 5) is 28.2. The molecule has 0 radical (unpaired) electrons. The van der Waals surface area contributed by atoms with Crippen molar-refractivity contribution >= 4 is 25.9 Å². The lowest BCUT2D eigenvalue weighted by Crippen LogP contribution is -2.44. The van der Waals surface area contributed by atoms with Crippen molar-refractivity contribution in [1.29, 1.82) is 5.26 Å². The first-order chi connectivity index (χ1) is 19.0. The Kier molecular flexibility index (Phi) is 7.62. The minimum atomic E-state index is -1.84. The molecule has 1 aliphatic carbocycles. The quantitative estimate of drug-likeness (QED) is 0.328. The summed E-state index contributed by atoms with van der Waals surface area (Å²) in [5, 5.41) is 11.8. The normalized spacial score (nSPS) is 17.4. The average molecular weight is 557 g/mol. The van der Waals surface area contributed by atoms with Crippen LogP contribution in [0, 0.1) is 11.3 Å². The van der Waals surface area contributed by atoms with Gasteiger partial charge >= 0.3 is 6.09 Å². The third kappa shape index (κ3) is 6.49. The maximum absolute atomic E-state index is 12.6. The van der Waals surface area contributed by atoms with E-state index in [0.717, 1.165) is 49.2 Å². The SMILES string of the molecule is CC(C)(C)[Si](C)(C)OC1CCN(c2cncc(-c3cc(C4CC4)cc(OC(=O)Nc4cc(C#N)ccn4)n3)c2)C1. The summed E-state index contributed by atoms with van der Waals surface area (Å²) < 4.78 is 12.2. The van der Waals surface area contributed by atoms with Crippen LogP contribution in [0.4, 0.5) is 16.3 Å². The zero-order valence-corrected chi connectivity index (χ0v) is 24.8. The van der Waals surface area contributed by atoms with Gasteiger partial charge in [-0.1, -0.05) is 20.8 Å². The van der Waals surface area contributed by atoms with Crippen LogP contribution in [0.3, 0.4) is 0 Å². The molecule has 9 nitrogen and oxygen atoms in total. The van der Waals surface area contributed by atoms with Gasteiger partial charge in [0.25, 0.3) is 0 Å². The van der Waals surface area contributed by atoms with E-state index in [-0.39, 0.29) is 22.8 Å². The molecule has 1 aliphatic heterocycles. The van der Waals surface area contributed by atoms with Gasteiger partial charge in [0.1, 0.15) is 5.82 Å². The highest BCUT2D eigenvalue weighted by Gasteiger charge is 2.40. The van der Waals surface area contributed by atoms with E-state index in [2.05, 4.69) is 71.2 Å². The number of aromatic nitrogens is 3. The summed E-state index contributed by atoms with van der Waals surface area (Å²) in [6.45, 7) is 13.2. The molecule has 2 fully saturated rings. The Morgan fingerprint density at radius 3 is 2.67 bits per heavy atom. The number of carbonyl (C=O) groups excluding carboxylic acids is 1. The Labute approximate surface area is 236 Å². The zero-order chi connectivity index (χ0) is 28.5. The summed E-state index contributed by atoms with van der Waals surface area (Å²) in [7, 11) is -1.84. The number of anilines is 2. The van der Waals surface area contributed by atoms with Crippen molar-refractivity contribution in [2.75, 3.05) is 23.3 Å². The van der Waals surface area contributed by atoms with Crippen LogP contribution in [0.2, 0.25) is 18.1 Å². The summed E-state index contributed by atoms with van der Waals surface area (Å²) >= 11 is 0. The number of carbonyl (C=O) groups is 1. The molecular formula is C30H36N6O3Si. The lowest BCUT2D eigenvalue weighted by molar-refractivity contribution is 0.202. The molecule has 208 valence electrons. The van der Waals surface area contributed by atoms with E-state index < -0.39 is 14.4 Å². The van der Waals surface area contributed by atoms with Crippen LogP contribution in [0.15, 0.2) is 48.9 Å². The molecule has 0 bridgehead atoms. The van der Waals surface area contributed by atoms with Gasteiger partial charge < -0.3 is 14.1 Å². The molecule has 1 atom stereocenters. The minimum absolute atomic E-state index is 0.175. The van der Waals surface area contributed by atoms with Crippen molar-refractivity contribution in [3.8, 4) is 23.2 Å². The maximum Gasteiger partial charge on any atom is 0.419 e. The van der Waals surface area contributed by atoms with Crippen LogP contribution in [-0.4, -0.2) is 48.6 Å². The van der Waals surface area contributed by atoms with Crippen molar-refractivity contribution in [2.45, 2.75) is 70.2 Å². The van der Waals surface area contributed by atoms with Crippen molar-refractivity contribution < 1.29 is 14.0 Å². The molecule has 1 unspecified atom stereocenters. The maximum atomic E-state index is 12.6. The van der Waals surface area contributed by atoms with Crippen molar-refractivity contribution in [3.63, 3.8) is 0 Å². The van der Waals surface area contributed by atoms with Gasteiger partial charge in [-0.05, 0) is 73.1 Å². The summed E-state index contributed by atoms with van der Waals surface area (Å²) in [6.07, 6.45) is 7.82. The first kappa shape index (κ1) is 27.7. The van der Waals surface area contributed by atoms with E-state index in [1.54, 1.807) is 12.3 Å². The van der Waals surface area contributed by atoms with Crippen LogP contribution in [0.1, 0.15) is 57.1 Å². The molecular weight excluding hydrogens is 520 g/mol. The first-order valence-electron chi connectivity index (χ1n) is 13.8. The summed E-state index contributed by atoms with van der Waals surface area (Å²) in [5.41, 5.74) is 4.08. The Hall–Kier alpha value is -3.81. The van der Waals surface area contributed by atoms with Gasteiger partial charge in [-0.3, -0.25) is 10.3 Å². The highest BCUT2D eigenvalue weighted by atomic mass is 28.4. The number of pyridine rings is 3. The molecule has 3 aromatic rings. The van der Waals surface area contributed by atoms with Gasteiger partial charge in [0.2, 0.25) is 5.88 Å². The van der Waals surface area contributed by atoms with E-state index in [9.17, 15) is 4.79 Å². The van der Waals surface area contributed by atoms with E-state index >= 15 is 0 Å². The Morgan fingerprint density at radius 1 is 1.15 bits per heavy atom. The molecule has 40 heavy (non-hydrogen) atoms. The lowest BCUT2D eigenvalue weighted by atomic mass is 10.1. The topological polar surface area (TPSA) is 113 Å². The van der Waals surface area contributed by atoms with Crippen LogP contribution in [0.25, 0.3) is 11.3 Å². The van der Waals surface area contributed by atoms with Crippen LogP contribution >= 0.6 is 0 Å². The Bertz CT molecular complexity index is 1440. The predicted molar refractivity (Wildman–Crippen MR) is 157 cm³/mol. The van der Waals surface area contributed by atoms with Gasteiger partial charge in [-0.25, -0.2) is 14.8 Å². The molecule has 5 rings (SSSR count). The second kappa shape index (κ2) is 11.0. The monoisotopic (exact) mass is 556 g/mol. The second-order valence-corrected chi connectivity index (χ2v) is 16.9. The standard InChI is InChI=1S/C30H36N6O3Si/c1-30(2,3)40(4,5)39-25-9-11-36(19-25)24-13-23(17-32-18-24)26-14-22(21-6-7-21)15-28(34-26)38-29(37)35-27-12-20(16-31)8-10-33-27/h8,10,12-15,17-18,21,25H,6-7,9,11,19H2,1-5H3,(H,33,35,37). The highest BCUT2D eigenvalue weighted by Crippen LogP contribution is 2.42. The van der Waals surface area contributed by atoms with E-state index in [1.807, 2.05) is 18.3 Å². The molecule has 1 N–H and O–H groups in total. The third-order valence-electron chi connectivity index (χ3n) is 7.99. The lowest BCUT2D eigenvalue weighted by Gasteiger charge is -2.38. The largest absolute Gasteiger partial charge is 0.419 e. The van der Waals surface area contributed by atoms with Gasteiger partial charge in [0.15, 0.2) is 8.32 Å². The number of rotatable bonds is 7.